The van der Waals surface area contributed by atoms with Crippen molar-refractivity contribution in [1.82, 2.24) is 0 Å². The summed E-state index contributed by atoms with van der Waals surface area (Å²) in [5, 5.41) is 10.9. The molecule has 1 aliphatic rings. The van der Waals surface area contributed by atoms with Gasteiger partial charge in [0.25, 0.3) is 5.69 Å². The van der Waals surface area contributed by atoms with E-state index in [-0.39, 0.29) is 22.3 Å². The fraction of sp³-hybridized carbons (Fsp3) is 0.0435. The average molecular weight is 514 g/mol. The summed E-state index contributed by atoms with van der Waals surface area (Å²) in [6.07, 6.45) is 1.57. The maximum atomic E-state index is 12.3. The highest BCUT2D eigenvalue weighted by molar-refractivity contribution is 9.10. The second-order valence-electron chi connectivity index (χ2n) is 6.71. The molecule has 1 aliphatic heterocycles. The van der Waals surface area contributed by atoms with E-state index < -0.39 is 10.9 Å². The van der Waals surface area contributed by atoms with Crippen LogP contribution in [-0.2, 0) is 16.1 Å². The van der Waals surface area contributed by atoms with Gasteiger partial charge in [-0.3, -0.25) is 10.1 Å². The van der Waals surface area contributed by atoms with Crippen molar-refractivity contribution >= 4 is 51.2 Å². The molecular weight excluding hydrogens is 500 g/mol. The van der Waals surface area contributed by atoms with E-state index in [0.29, 0.717) is 23.5 Å². The Bertz CT molecular complexity index is 1290. The predicted molar refractivity (Wildman–Crippen MR) is 124 cm³/mol. The van der Waals surface area contributed by atoms with Crippen LogP contribution in [0.25, 0.3) is 6.08 Å². The number of hydrogen-bond acceptors (Lipinski definition) is 6. The monoisotopic (exact) mass is 512 g/mol. The summed E-state index contributed by atoms with van der Waals surface area (Å²) in [5.41, 5.74) is 1.90. The van der Waals surface area contributed by atoms with E-state index in [1.807, 2.05) is 30.3 Å². The van der Waals surface area contributed by atoms with Crippen LogP contribution in [-0.4, -0.2) is 16.8 Å². The molecular formula is C23H14BrClN2O5. The molecule has 0 fully saturated rings. The molecule has 0 N–H and O–H groups in total. The third-order valence-electron chi connectivity index (χ3n) is 4.53. The molecule has 0 radical (unpaired) electrons. The molecule has 0 saturated carbocycles. The fourth-order valence-corrected chi connectivity index (χ4v) is 3.60. The lowest BCUT2D eigenvalue weighted by molar-refractivity contribution is -0.384. The van der Waals surface area contributed by atoms with Gasteiger partial charge in [0.2, 0.25) is 5.90 Å². The zero-order chi connectivity index (χ0) is 22.7. The highest BCUT2D eigenvalue weighted by Crippen LogP contribution is 2.28. The number of cyclic esters (lactones) is 1. The van der Waals surface area contributed by atoms with E-state index in [9.17, 15) is 14.9 Å². The van der Waals surface area contributed by atoms with Gasteiger partial charge < -0.3 is 9.47 Å². The molecule has 9 heteroatoms. The Morgan fingerprint density at radius 1 is 1.12 bits per heavy atom. The third kappa shape index (κ3) is 4.87. The number of halogens is 2. The molecule has 0 spiro atoms. The van der Waals surface area contributed by atoms with E-state index >= 15 is 0 Å². The van der Waals surface area contributed by atoms with Crippen molar-refractivity contribution in [3.63, 3.8) is 0 Å². The minimum Gasteiger partial charge on any atom is -0.489 e. The molecule has 0 aliphatic carbocycles. The van der Waals surface area contributed by atoms with Gasteiger partial charge in [-0.2, -0.15) is 0 Å². The number of ether oxygens (including phenoxy) is 2. The second-order valence-corrected chi connectivity index (χ2v) is 7.97. The molecule has 7 nitrogen and oxygen atoms in total. The first kappa shape index (κ1) is 21.7. The number of carbonyl (C=O) groups excluding carboxylic acids is 1. The van der Waals surface area contributed by atoms with Crippen LogP contribution in [0.2, 0.25) is 5.02 Å². The smallest absolute Gasteiger partial charge is 0.363 e. The van der Waals surface area contributed by atoms with Gasteiger partial charge >= 0.3 is 5.97 Å². The van der Waals surface area contributed by atoms with Gasteiger partial charge in [-0.05, 0) is 35.9 Å². The maximum Gasteiger partial charge on any atom is 0.363 e. The topological polar surface area (TPSA) is 91.0 Å². The van der Waals surface area contributed by atoms with Gasteiger partial charge in [0, 0.05) is 22.2 Å². The number of nitro groups is 1. The summed E-state index contributed by atoms with van der Waals surface area (Å²) in [7, 11) is 0. The van der Waals surface area contributed by atoms with Crippen LogP contribution in [0.5, 0.6) is 5.75 Å². The fourth-order valence-electron chi connectivity index (χ4n) is 2.94. The Morgan fingerprint density at radius 3 is 2.69 bits per heavy atom. The Labute approximate surface area is 196 Å². The lowest BCUT2D eigenvalue weighted by Crippen LogP contribution is -2.06. The summed E-state index contributed by atoms with van der Waals surface area (Å²) in [4.78, 5) is 26.8. The SMILES string of the molecule is O=C1OC(c2ccc([N+](=O)[O-])cc2Cl)=N/C1=C\c1cccc(OCc2ccccc2Br)c1. The van der Waals surface area contributed by atoms with Crippen LogP contribution in [0.3, 0.4) is 0 Å². The molecule has 1 heterocycles. The number of non-ortho nitro benzene ring substituents is 1. The van der Waals surface area contributed by atoms with Crippen LogP contribution in [0.4, 0.5) is 5.69 Å². The number of esters is 1. The zero-order valence-electron chi connectivity index (χ0n) is 16.3. The van der Waals surface area contributed by atoms with Crippen molar-refractivity contribution in [2.24, 2.45) is 4.99 Å². The van der Waals surface area contributed by atoms with Gasteiger partial charge in [0.1, 0.15) is 12.4 Å². The van der Waals surface area contributed by atoms with E-state index in [4.69, 9.17) is 21.1 Å². The maximum absolute atomic E-state index is 12.3. The van der Waals surface area contributed by atoms with Crippen molar-refractivity contribution in [3.8, 4) is 5.75 Å². The van der Waals surface area contributed by atoms with Gasteiger partial charge in [-0.25, -0.2) is 9.79 Å². The van der Waals surface area contributed by atoms with E-state index in [0.717, 1.165) is 10.0 Å². The molecule has 4 rings (SSSR count). The summed E-state index contributed by atoms with van der Waals surface area (Å²) in [6, 6.07) is 18.8. The second kappa shape index (κ2) is 9.33. The average Bonchev–Trinajstić information content (AvgIpc) is 3.13. The summed E-state index contributed by atoms with van der Waals surface area (Å²) >= 11 is 9.60. The van der Waals surface area contributed by atoms with Crippen molar-refractivity contribution in [2.75, 3.05) is 0 Å². The zero-order valence-corrected chi connectivity index (χ0v) is 18.7. The molecule has 32 heavy (non-hydrogen) atoms. The minimum atomic E-state index is -0.644. The molecule has 0 bridgehead atoms. The number of hydrogen-bond donors (Lipinski definition) is 0. The molecule has 0 amide bonds. The highest BCUT2D eigenvalue weighted by atomic mass is 79.9. The Balaban J connectivity index is 1.54. The summed E-state index contributed by atoms with van der Waals surface area (Å²) in [6.45, 7) is 0.379. The molecule has 0 saturated heterocycles. The quantitative estimate of drug-likeness (QED) is 0.176. The standard InChI is InChI=1S/C23H14BrClN2O5/c24-19-7-2-1-5-15(19)13-31-17-6-3-4-14(10-17)11-21-23(28)32-22(26-21)18-9-8-16(27(29)30)12-20(18)25/h1-12H,13H2/b21-11-. The number of aliphatic imine (C=N–C) groups is 1. The third-order valence-corrected chi connectivity index (χ3v) is 5.61. The molecule has 3 aromatic carbocycles. The first-order valence-corrected chi connectivity index (χ1v) is 10.5. The number of benzene rings is 3. The lowest BCUT2D eigenvalue weighted by atomic mass is 10.2. The summed E-state index contributed by atoms with van der Waals surface area (Å²) < 4.78 is 12.0. The molecule has 0 unspecified atom stereocenters. The van der Waals surface area contributed by atoms with Crippen LogP contribution in [0.15, 0.2) is 81.9 Å². The van der Waals surface area contributed by atoms with E-state index in [1.54, 1.807) is 24.3 Å². The van der Waals surface area contributed by atoms with Crippen LogP contribution in [0, 0.1) is 10.1 Å². The molecule has 160 valence electrons. The largest absolute Gasteiger partial charge is 0.489 e. The Hall–Kier alpha value is -3.49. The van der Waals surface area contributed by atoms with Gasteiger partial charge in [0.15, 0.2) is 5.70 Å². The number of nitro benzene ring substituents is 1. The first-order valence-electron chi connectivity index (χ1n) is 9.34. The number of rotatable bonds is 6. The van der Waals surface area contributed by atoms with Gasteiger partial charge in [-0.15, -0.1) is 0 Å². The van der Waals surface area contributed by atoms with Crippen molar-refractivity contribution in [2.45, 2.75) is 6.61 Å². The number of carbonyl (C=O) groups is 1. The highest BCUT2D eigenvalue weighted by Gasteiger charge is 2.26. The Morgan fingerprint density at radius 2 is 1.94 bits per heavy atom. The van der Waals surface area contributed by atoms with Crippen LogP contribution < -0.4 is 4.74 Å². The predicted octanol–water partition coefficient (Wildman–Crippen LogP) is 5.93. The molecule has 3 aromatic rings. The van der Waals surface area contributed by atoms with E-state index in [2.05, 4.69) is 20.9 Å². The normalized spacial score (nSPS) is 14.2. The first-order chi connectivity index (χ1) is 15.4. The number of nitrogens with zero attached hydrogens (tertiary/aromatic N) is 2. The summed E-state index contributed by atoms with van der Waals surface area (Å²) in [5.74, 6) is -0.0273. The van der Waals surface area contributed by atoms with Gasteiger partial charge in [-0.1, -0.05) is 57.9 Å². The lowest BCUT2D eigenvalue weighted by Gasteiger charge is -2.08. The minimum absolute atomic E-state index is 0.0116. The van der Waals surface area contributed by atoms with Crippen molar-refractivity contribution in [1.29, 1.82) is 0 Å². The Kier molecular flexibility index (Phi) is 6.34. The van der Waals surface area contributed by atoms with Crippen molar-refractivity contribution in [3.05, 3.63) is 109 Å². The molecule has 0 aromatic heterocycles. The van der Waals surface area contributed by atoms with Crippen molar-refractivity contribution < 1.29 is 19.2 Å². The molecule has 0 atom stereocenters. The van der Waals surface area contributed by atoms with Crippen LogP contribution >= 0.6 is 27.5 Å². The van der Waals surface area contributed by atoms with Crippen LogP contribution in [0.1, 0.15) is 16.7 Å². The van der Waals surface area contributed by atoms with Gasteiger partial charge in [0.05, 0.1) is 15.5 Å². The van der Waals surface area contributed by atoms with E-state index in [1.165, 1.54) is 18.2 Å².